The van der Waals surface area contributed by atoms with Gasteiger partial charge < -0.3 is 0 Å². The van der Waals surface area contributed by atoms with Gasteiger partial charge in [-0.3, -0.25) is 0 Å². The highest BCUT2D eigenvalue weighted by Crippen LogP contribution is 2.55. The van der Waals surface area contributed by atoms with Crippen LogP contribution in [0.15, 0.2) is 170 Å². The van der Waals surface area contributed by atoms with E-state index in [2.05, 4.69) is 154 Å². The van der Waals surface area contributed by atoms with E-state index in [0.717, 1.165) is 93.5 Å². The lowest BCUT2D eigenvalue weighted by atomic mass is 9.84. The minimum atomic E-state index is 0.541. The third-order valence-corrected chi connectivity index (χ3v) is 16.1. The third-order valence-electron chi connectivity index (χ3n) is 16.1. The first-order valence-corrected chi connectivity index (χ1v) is 24.8. The van der Waals surface area contributed by atoms with Gasteiger partial charge in [0.25, 0.3) is 0 Å². The molecule has 4 nitrogen and oxygen atoms in total. The molecule has 0 fully saturated rings. The van der Waals surface area contributed by atoms with E-state index in [1.54, 1.807) is 0 Å². The van der Waals surface area contributed by atoms with Crippen molar-refractivity contribution in [2.75, 3.05) is 0 Å². The van der Waals surface area contributed by atoms with E-state index >= 15 is 0 Å². The number of benzene rings is 12. The predicted molar refractivity (Wildman–Crippen MR) is 304 cm³/mol. The van der Waals surface area contributed by atoms with Gasteiger partial charge in [0, 0.05) is 5.56 Å². The van der Waals surface area contributed by atoms with Gasteiger partial charge in [0.05, 0.1) is 41.5 Å². The van der Waals surface area contributed by atoms with Crippen molar-refractivity contribution in [3.8, 4) is 107 Å². The Balaban J connectivity index is 1.06. The molecule has 0 spiro atoms. The highest BCUT2D eigenvalue weighted by molar-refractivity contribution is 6.28. The van der Waals surface area contributed by atoms with Crippen molar-refractivity contribution in [2.24, 2.45) is 0 Å². The van der Waals surface area contributed by atoms with Gasteiger partial charge in [-0.1, -0.05) is 120 Å². The van der Waals surface area contributed by atoms with Gasteiger partial charge in [-0.2, -0.15) is 15.8 Å². The summed E-state index contributed by atoms with van der Waals surface area (Å²) in [6.45, 7) is 16.1. The maximum absolute atomic E-state index is 10.5. The molecule has 0 bridgehead atoms. The quantitative estimate of drug-likeness (QED) is 0.130. The van der Waals surface area contributed by atoms with E-state index in [9.17, 15) is 15.8 Å². The second kappa shape index (κ2) is 15.7. The van der Waals surface area contributed by atoms with Crippen LogP contribution in [0.4, 0.5) is 5.69 Å². The maximum Gasteiger partial charge on any atom is 0.187 e. The minimum absolute atomic E-state index is 0.541. The molecule has 0 heterocycles. The second-order valence-electron chi connectivity index (χ2n) is 20.1. The molecule has 4 heteroatoms. The molecule has 14 rings (SSSR count). The molecule has 340 valence electrons. The van der Waals surface area contributed by atoms with Crippen LogP contribution in [0, 0.1) is 68.3 Å². The lowest BCUT2D eigenvalue weighted by Crippen LogP contribution is -1.93. The summed E-state index contributed by atoms with van der Waals surface area (Å²) in [5.41, 5.74) is 24.5. The molecular formula is C70H40N4. The fourth-order valence-corrected chi connectivity index (χ4v) is 13.1. The number of aryl methyl sites for hydroxylation is 4. The molecule has 0 saturated carbocycles. The van der Waals surface area contributed by atoms with Crippen LogP contribution in [0.2, 0.25) is 0 Å². The molecule has 0 saturated heterocycles. The van der Waals surface area contributed by atoms with Crippen LogP contribution in [0.3, 0.4) is 0 Å². The van der Waals surface area contributed by atoms with E-state index in [1.807, 2.05) is 66.7 Å². The van der Waals surface area contributed by atoms with E-state index in [1.165, 1.54) is 71.6 Å². The smallest absolute Gasteiger partial charge is 0.187 e. The Bertz CT molecular complexity index is 4760. The SMILES string of the molecule is [C-]#[N+]c1cc(C)c(-c2ccc3c4c(cccc24)-c2cc4c(ccc5c6cc7c(cc6c(-c6cc(C#N)ccc6-c6ccccc6C#N)cc45)-c4ccc(-c5c(C)cc(C#N)cc5C)c5cccc-7c45)cc2-3)c(C)c1. The summed E-state index contributed by atoms with van der Waals surface area (Å²) in [5.74, 6) is 0. The Morgan fingerprint density at radius 2 is 0.811 bits per heavy atom. The van der Waals surface area contributed by atoms with E-state index < -0.39 is 0 Å². The van der Waals surface area contributed by atoms with Crippen molar-refractivity contribution in [3.05, 3.63) is 220 Å². The molecule has 12 aromatic rings. The Morgan fingerprint density at radius 3 is 1.42 bits per heavy atom. The predicted octanol–water partition coefficient (Wildman–Crippen LogP) is 18.8. The Hall–Kier alpha value is -10.1. The zero-order valence-electron chi connectivity index (χ0n) is 41.0. The molecule has 0 aromatic heterocycles. The van der Waals surface area contributed by atoms with Gasteiger partial charge >= 0.3 is 0 Å². The van der Waals surface area contributed by atoms with Gasteiger partial charge in [-0.25, -0.2) is 4.85 Å². The molecule has 0 N–H and O–H groups in total. The molecule has 0 unspecified atom stereocenters. The van der Waals surface area contributed by atoms with Gasteiger partial charge in [0.2, 0.25) is 0 Å². The molecule has 12 aromatic carbocycles. The molecule has 0 amide bonds. The van der Waals surface area contributed by atoms with E-state index in [0.29, 0.717) is 22.4 Å². The largest absolute Gasteiger partial charge is 0.238 e. The summed E-state index contributed by atoms with van der Waals surface area (Å²) in [5, 5.41) is 42.3. The highest BCUT2D eigenvalue weighted by atomic mass is 14.6. The summed E-state index contributed by atoms with van der Waals surface area (Å²) in [4.78, 5) is 3.75. The molecule has 0 radical (unpaired) electrons. The van der Waals surface area contributed by atoms with Gasteiger partial charge in [-0.15, -0.1) is 0 Å². The first-order chi connectivity index (χ1) is 36.2. The van der Waals surface area contributed by atoms with Gasteiger partial charge in [-0.05, 0) is 237 Å². The van der Waals surface area contributed by atoms with Crippen LogP contribution in [-0.2, 0) is 0 Å². The summed E-state index contributed by atoms with van der Waals surface area (Å²) in [6.07, 6.45) is 0. The standard InChI is InChI=1S/C70H40N4/c1-37-24-42(35-72)25-38(2)67(37)53-21-23-56-64-33-66-61(32-63(64)52-15-9-12-49(53)70(52)56)48-19-17-43-29-59-55-22-20-54(68-39(3)26-45(74-5)27-40(68)4)50-13-8-14-51(69(50)55)62(59)30-57(43)60(48)31-65(66)58-28-41(34-71)16-18-47(58)46-11-7-6-10-44(46)36-73/h6-33H,1-4H3. The molecule has 74 heavy (non-hydrogen) atoms. The van der Waals surface area contributed by atoms with Gasteiger partial charge in [0.15, 0.2) is 5.69 Å². The Labute approximate surface area is 428 Å². The summed E-state index contributed by atoms with van der Waals surface area (Å²) < 4.78 is 0. The zero-order chi connectivity index (χ0) is 50.3. The molecule has 0 atom stereocenters. The minimum Gasteiger partial charge on any atom is -0.238 e. The zero-order valence-corrected chi connectivity index (χ0v) is 41.0. The number of fused-ring (bicyclic) bond motifs is 11. The Kier molecular flexibility index (Phi) is 9.07. The number of hydrogen-bond acceptors (Lipinski definition) is 3. The summed E-state index contributed by atoms with van der Waals surface area (Å²) in [7, 11) is 0. The monoisotopic (exact) mass is 936 g/mol. The van der Waals surface area contributed by atoms with Crippen molar-refractivity contribution >= 4 is 59.5 Å². The van der Waals surface area contributed by atoms with Crippen molar-refractivity contribution in [2.45, 2.75) is 27.7 Å². The van der Waals surface area contributed by atoms with Crippen LogP contribution in [0.1, 0.15) is 38.9 Å². The van der Waals surface area contributed by atoms with Crippen molar-refractivity contribution in [1.29, 1.82) is 15.8 Å². The Morgan fingerprint density at radius 1 is 0.324 bits per heavy atom. The van der Waals surface area contributed by atoms with Crippen molar-refractivity contribution in [3.63, 3.8) is 0 Å². The van der Waals surface area contributed by atoms with Crippen molar-refractivity contribution < 1.29 is 0 Å². The number of nitrogens with zero attached hydrogens (tertiary/aromatic N) is 4. The number of rotatable bonds is 4. The second-order valence-corrected chi connectivity index (χ2v) is 20.1. The van der Waals surface area contributed by atoms with Crippen LogP contribution in [-0.4, -0.2) is 0 Å². The van der Waals surface area contributed by atoms with E-state index in [4.69, 9.17) is 6.57 Å². The lowest BCUT2D eigenvalue weighted by Gasteiger charge is -2.19. The fraction of sp³-hybridized carbons (Fsp3) is 0.0571. The molecular weight excluding hydrogens is 897 g/mol. The van der Waals surface area contributed by atoms with Crippen LogP contribution < -0.4 is 0 Å². The first kappa shape index (κ1) is 42.8. The fourth-order valence-electron chi connectivity index (χ4n) is 13.1. The van der Waals surface area contributed by atoms with Crippen LogP contribution in [0.25, 0.3) is 148 Å². The van der Waals surface area contributed by atoms with Gasteiger partial charge in [0.1, 0.15) is 0 Å². The van der Waals surface area contributed by atoms with Crippen LogP contribution in [0.5, 0.6) is 0 Å². The first-order valence-electron chi connectivity index (χ1n) is 24.8. The summed E-state index contributed by atoms with van der Waals surface area (Å²) >= 11 is 0. The molecule has 0 aliphatic heterocycles. The molecule has 2 aliphatic rings. The number of hydrogen-bond donors (Lipinski definition) is 0. The van der Waals surface area contributed by atoms with Crippen LogP contribution >= 0.6 is 0 Å². The maximum atomic E-state index is 10.5. The molecule has 2 aliphatic carbocycles. The average Bonchev–Trinajstić information content (AvgIpc) is 4.01. The highest BCUT2D eigenvalue weighted by Gasteiger charge is 2.29. The number of nitriles is 3. The van der Waals surface area contributed by atoms with E-state index in [-0.39, 0.29) is 0 Å². The summed E-state index contributed by atoms with van der Waals surface area (Å²) in [6, 6.07) is 67.6. The third kappa shape index (κ3) is 5.92. The average molecular weight is 937 g/mol. The normalized spacial score (nSPS) is 11.7. The topological polar surface area (TPSA) is 75.7 Å². The lowest BCUT2D eigenvalue weighted by molar-refractivity contribution is 1.35. The van der Waals surface area contributed by atoms with Crippen molar-refractivity contribution in [1.82, 2.24) is 0 Å².